The van der Waals surface area contributed by atoms with Gasteiger partial charge in [-0.1, -0.05) is 47.5 Å². The first-order chi connectivity index (χ1) is 7.17. The normalized spacial score (nSPS) is 12.8. The van der Waals surface area contributed by atoms with Crippen molar-refractivity contribution in [3.8, 4) is 0 Å². The second kappa shape index (κ2) is 6.32. The number of hydrogen-bond acceptors (Lipinski definition) is 0. The first-order valence-corrected chi connectivity index (χ1v) is 6.91. The zero-order valence-corrected chi connectivity index (χ0v) is 11.6. The summed E-state index contributed by atoms with van der Waals surface area (Å²) in [6.45, 7) is 6.63. The van der Waals surface area contributed by atoms with E-state index in [1.807, 2.05) is 0 Å². The third-order valence-electron chi connectivity index (χ3n) is 3.01. The molecule has 0 fully saturated rings. The second-order valence-corrected chi connectivity index (χ2v) is 5.08. The van der Waals surface area contributed by atoms with Gasteiger partial charge in [-0.15, -0.1) is 0 Å². The summed E-state index contributed by atoms with van der Waals surface area (Å²) >= 11 is 3.61. The molecule has 0 saturated heterocycles. The molecule has 0 N–H and O–H groups in total. The van der Waals surface area contributed by atoms with Crippen LogP contribution in [0.5, 0.6) is 0 Å². The minimum atomic E-state index is 0.789. The molecule has 1 aromatic carbocycles. The fourth-order valence-electron chi connectivity index (χ4n) is 1.91. The van der Waals surface area contributed by atoms with Crippen LogP contribution in [-0.4, -0.2) is 5.33 Å². The van der Waals surface area contributed by atoms with E-state index < -0.39 is 0 Å². The number of halogens is 1. The summed E-state index contributed by atoms with van der Waals surface area (Å²) in [6, 6.07) is 6.84. The molecule has 0 aromatic heterocycles. The summed E-state index contributed by atoms with van der Waals surface area (Å²) in [7, 11) is 0. The highest BCUT2D eigenvalue weighted by molar-refractivity contribution is 9.09. The summed E-state index contributed by atoms with van der Waals surface area (Å²) in [5.74, 6) is 0.789. The van der Waals surface area contributed by atoms with Crippen molar-refractivity contribution < 1.29 is 0 Å². The second-order valence-electron chi connectivity index (χ2n) is 4.43. The molecular weight excluding hydrogens is 248 g/mol. The lowest BCUT2D eigenvalue weighted by atomic mass is 9.95. The minimum Gasteiger partial charge on any atom is -0.0925 e. The molecule has 0 aliphatic carbocycles. The molecule has 0 amide bonds. The number of hydrogen-bond donors (Lipinski definition) is 0. The van der Waals surface area contributed by atoms with E-state index in [0.717, 1.165) is 11.2 Å². The fraction of sp³-hybridized carbons (Fsp3) is 0.571. The summed E-state index contributed by atoms with van der Waals surface area (Å²) in [6.07, 6.45) is 3.81. The highest BCUT2D eigenvalue weighted by Crippen LogP contribution is 2.18. The molecule has 1 aromatic rings. The van der Waals surface area contributed by atoms with Gasteiger partial charge in [0.1, 0.15) is 0 Å². The van der Waals surface area contributed by atoms with Crippen molar-refractivity contribution in [1.82, 2.24) is 0 Å². The Morgan fingerprint density at radius 3 is 2.47 bits per heavy atom. The Balaban J connectivity index is 2.66. The van der Waals surface area contributed by atoms with Gasteiger partial charge in [-0.05, 0) is 49.3 Å². The van der Waals surface area contributed by atoms with Crippen LogP contribution >= 0.6 is 15.9 Å². The number of rotatable bonds is 5. The van der Waals surface area contributed by atoms with Gasteiger partial charge in [-0.25, -0.2) is 0 Å². The van der Waals surface area contributed by atoms with Crippen LogP contribution in [-0.2, 0) is 6.42 Å². The van der Waals surface area contributed by atoms with Crippen molar-refractivity contribution in [1.29, 1.82) is 0 Å². The number of aryl methyl sites for hydroxylation is 2. The zero-order valence-electron chi connectivity index (χ0n) is 10.0. The van der Waals surface area contributed by atoms with E-state index >= 15 is 0 Å². The predicted molar refractivity (Wildman–Crippen MR) is 71.8 cm³/mol. The van der Waals surface area contributed by atoms with Crippen molar-refractivity contribution in [2.75, 3.05) is 5.33 Å². The van der Waals surface area contributed by atoms with Gasteiger partial charge in [0.25, 0.3) is 0 Å². The maximum Gasteiger partial charge on any atom is 0.00628 e. The topological polar surface area (TPSA) is 0 Å². The standard InChI is InChI=1S/C14H21Br/c1-4-5-14(10-15)9-13-7-6-11(2)12(3)8-13/h6-8,14H,4-5,9-10H2,1-3H3. The SMILES string of the molecule is CCCC(CBr)Cc1ccc(C)c(C)c1. The van der Waals surface area contributed by atoms with Crippen LogP contribution in [0.15, 0.2) is 18.2 Å². The van der Waals surface area contributed by atoms with E-state index in [1.54, 1.807) is 0 Å². The number of benzene rings is 1. The maximum absolute atomic E-state index is 3.61. The van der Waals surface area contributed by atoms with Crippen molar-refractivity contribution in [3.63, 3.8) is 0 Å². The first-order valence-electron chi connectivity index (χ1n) is 5.79. The fourth-order valence-corrected chi connectivity index (χ4v) is 2.46. The molecule has 0 aliphatic heterocycles. The van der Waals surface area contributed by atoms with Gasteiger partial charge in [-0.2, -0.15) is 0 Å². The van der Waals surface area contributed by atoms with Gasteiger partial charge in [0, 0.05) is 5.33 Å². The summed E-state index contributed by atoms with van der Waals surface area (Å²) in [5.41, 5.74) is 4.29. The van der Waals surface area contributed by atoms with Crippen LogP contribution in [0.3, 0.4) is 0 Å². The average Bonchev–Trinajstić information content (AvgIpc) is 2.23. The quantitative estimate of drug-likeness (QED) is 0.682. The average molecular weight is 269 g/mol. The first kappa shape index (κ1) is 12.8. The highest BCUT2D eigenvalue weighted by Gasteiger charge is 2.07. The molecule has 1 rings (SSSR count). The monoisotopic (exact) mass is 268 g/mol. The summed E-state index contributed by atoms with van der Waals surface area (Å²) in [4.78, 5) is 0. The third kappa shape index (κ3) is 3.98. The number of alkyl halides is 1. The van der Waals surface area contributed by atoms with Gasteiger partial charge in [0.15, 0.2) is 0 Å². The van der Waals surface area contributed by atoms with Crippen LogP contribution < -0.4 is 0 Å². The molecule has 0 aliphatic rings. The van der Waals surface area contributed by atoms with E-state index in [-0.39, 0.29) is 0 Å². The predicted octanol–water partition coefficient (Wildman–Crippen LogP) is 4.66. The van der Waals surface area contributed by atoms with Gasteiger partial charge in [-0.3, -0.25) is 0 Å². The summed E-state index contributed by atoms with van der Waals surface area (Å²) in [5, 5.41) is 1.12. The van der Waals surface area contributed by atoms with Gasteiger partial charge >= 0.3 is 0 Å². The summed E-state index contributed by atoms with van der Waals surface area (Å²) < 4.78 is 0. The van der Waals surface area contributed by atoms with Gasteiger partial charge in [0.05, 0.1) is 0 Å². The van der Waals surface area contributed by atoms with E-state index in [0.29, 0.717) is 0 Å². The minimum absolute atomic E-state index is 0.789. The third-order valence-corrected chi connectivity index (χ3v) is 3.93. The van der Waals surface area contributed by atoms with Crippen LogP contribution in [0.2, 0.25) is 0 Å². The zero-order chi connectivity index (χ0) is 11.3. The lowest BCUT2D eigenvalue weighted by Gasteiger charge is -2.13. The highest BCUT2D eigenvalue weighted by atomic mass is 79.9. The molecule has 0 radical (unpaired) electrons. The Hall–Kier alpha value is -0.300. The van der Waals surface area contributed by atoms with Crippen molar-refractivity contribution in [2.45, 2.75) is 40.0 Å². The molecule has 1 heteroatoms. The Kier molecular flexibility index (Phi) is 5.38. The Bertz CT molecular complexity index is 304. The van der Waals surface area contributed by atoms with Crippen LogP contribution in [0.1, 0.15) is 36.5 Å². The van der Waals surface area contributed by atoms with Crippen LogP contribution in [0.4, 0.5) is 0 Å². The smallest absolute Gasteiger partial charge is 0.00628 e. The Morgan fingerprint density at radius 1 is 1.20 bits per heavy atom. The lowest BCUT2D eigenvalue weighted by molar-refractivity contribution is 0.534. The van der Waals surface area contributed by atoms with Gasteiger partial charge in [0.2, 0.25) is 0 Å². The van der Waals surface area contributed by atoms with E-state index in [9.17, 15) is 0 Å². The van der Waals surface area contributed by atoms with Crippen molar-refractivity contribution in [2.24, 2.45) is 5.92 Å². The molecule has 15 heavy (non-hydrogen) atoms. The molecule has 0 nitrogen and oxygen atoms in total. The van der Waals surface area contributed by atoms with E-state index in [2.05, 4.69) is 54.9 Å². The Morgan fingerprint density at radius 2 is 1.93 bits per heavy atom. The van der Waals surface area contributed by atoms with Crippen molar-refractivity contribution in [3.05, 3.63) is 34.9 Å². The largest absolute Gasteiger partial charge is 0.0925 e. The van der Waals surface area contributed by atoms with Gasteiger partial charge < -0.3 is 0 Å². The molecule has 84 valence electrons. The van der Waals surface area contributed by atoms with Crippen LogP contribution in [0, 0.1) is 19.8 Å². The van der Waals surface area contributed by atoms with Crippen LogP contribution in [0.25, 0.3) is 0 Å². The molecule has 1 unspecified atom stereocenters. The van der Waals surface area contributed by atoms with E-state index in [4.69, 9.17) is 0 Å². The molecule has 0 spiro atoms. The molecular formula is C14H21Br. The molecule has 1 atom stereocenters. The molecule has 0 heterocycles. The maximum atomic E-state index is 3.61. The molecule has 0 bridgehead atoms. The Labute approximate surface area is 102 Å². The van der Waals surface area contributed by atoms with Crippen molar-refractivity contribution >= 4 is 15.9 Å². The van der Waals surface area contributed by atoms with E-state index in [1.165, 1.54) is 36.0 Å². The molecule has 0 saturated carbocycles. The lowest BCUT2D eigenvalue weighted by Crippen LogP contribution is -2.06.